The molecule has 2 amide bonds. The summed E-state index contributed by atoms with van der Waals surface area (Å²) in [5.74, 6) is 0.881. The monoisotopic (exact) mass is 553 g/mol. The lowest BCUT2D eigenvalue weighted by Gasteiger charge is -2.43. The van der Waals surface area contributed by atoms with Gasteiger partial charge in [0, 0.05) is 43.8 Å². The zero-order valence-corrected chi connectivity index (χ0v) is 24.5. The number of aromatic nitrogens is 3. The number of rotatable bonds is 4. The number of nitrogens with zero attached hydrogens (tertiary/aromatic N) is 7. The van der Waals surface area contributed by atoms with E-state index < -0.39 is 0 Å². The maximum absolute atomic E-state index is 13.8. The molecule has 3 aliphatic heterocycles. The van der Waals surface area contributed by atoms with E-state index in [-0.39, 0.29) is 23.7 Å². The summed E-state index contributed by atoms with van der Waals surface area (Å²) in [7, 11) is 4.03. The standard InChI is InChI=1S/C32H39N7O2/c1-20-9-12-24(13-10-20)39-30(33-29(34-39)32(41)37-18-25-14-15-26(19-37)35(25)3)22-11-16-27-28(17-22)38(23-7-5-6-8-23)21(2)31(40)36(27)4/h9-13,16-17,21,23,25-26H,5-8,14-15,18-19H2,1-4H3/t21-,25?,26?/m1/s1. The Morgan fingerprint density at radius 3 is 2.24 bits per heavy atom. The SMILES string of the molecule is Cc1ccc(-n2nc(C(=O)N3CC4CCC(C3)N4C)nc2-c2ccc3c(c2)N(C2CCCC2)[C@H](C)C(=O)N3C)cc1. The molecule has 3 aromatic rings. The Kier molecular flexibility index (Phi) is 6.37. The van der Waals surface area contributed by atoms with Crippen LogP contribution in [0.2, 0.25) is 0 Å². The number of anilines is 2. The summed E-state index contributed by atoms with van der Waals surface area (Å²) in [4.78, 5) is 40.4. The number of likely N-dealkylation sites (tertiary alicyclic amines) is 1. The Bertz CT molecular complexity index is 1480. The van der Waals surface area contributed by atoms with E-state index in [1.165, 1.54) is 12.8 Å². The number of hydrogen-bond acceptors (Lipinski definition) is 6. The molecule has 1 aromatic heterocycles. The second-order valence-corrected chi connectivity index (χ2v) is 12.4. The van der Waals surface area contributed by atoms with Crippen LogP contribution in [0.1, 0.15) is 61.6 Å². The van der Waals surface area contributed by atoms with Crippen molar-refractivity contribution < 1.29 is 9.59 Å². The van der Waals surface area contributed by atoms with Gasteiger partial charge in [0.05, 0.1) is 17.1 Å². The minimum Gasteiger partial charge on any atom is -0.355 e. The second-order valence-electron chi connectivity index (χ2n) is 12.4. The normalized spacial score (nSPS) is 24.8. The zero-order chi connectivity index (χ0) is 28.4. The molecule has 0 N–H and O–H groups in total. The number of likely N-dealkylation sites (N-methyl/N-ethyl adjacent to an activating group) is 2. The van der Waals surface area contributed by atoms with Crippen LogP contribution >= 0.6 is 0 Å². The summed E-state index contributed by atoms with van der Waals surface area (Å²) in [6.07, 6.45) is 6.82. The minimum atomic E-state index is -0.231. The third kappa shape index (κ3) is 4.33. The number of fused-ring (bicyclic) bond motifs is 3. The van der Waals surface area contributed by atoms with Gasteiger partial charge in [0.2, 0.25) is 11.7 Å². The molecule has 3 atom stereocenters. The summed E-state index contributed by atoms with van der Waals surface area (Å²) in [6, 6.07) is 15.2. The van der Waals surface area contributed by atoms with Gasteiger partial charge in [-0.05, 0) is 76.9 Å². The fourth-order valence-electron chi connectivity index (χ4n) is 7.45. The largest absolute Gasteiger partial charge is 0.355 e. The third-order valence-electron chi connectivity index (χ3n) is 9.91. The Hall–Kier alpha value is -3.72. The van der Waals surface area contributed by atoms with Crippen molar-refractivity contribution in [1.82, 2.24) is 24.6 Å². The lowest BCUT2D eigenvalue weighted by molar-refractivity contribution is -0.119. The molecule has 2 saturated heterocycles. The molecule has 4 aliphatic rings. The number of benzene rings is 2. The molecular weight excluding hydrogens is 514 g/mol. The Labute approximate surface area is 241 Å². The van der Waals surface area contributed by atoms with Crippen LogP contribution in [0.4, 0.5) is 11.4 Å². The molecule has 0 spiro atoms. The van der Waals surface area contributed by atoms with Crippen molar-refractivity contribution in [3.05, 3.63) is 53.9 Å². The number of piperazine rings is 1. The summed E-state index contributed by atoms with van der Waals surface area (Å²) < 4.78 is 1.81. The molecule has 9 nitrogen and oxygen atoms in total. The highest BCUT2D eigenvalue weighted by atomic mass is 16.2. The topological polar surface area (TPSA) is 77.8 Å². The van der Waals surface area contributed by atoms with E-state index in [1.807, 2.05) is 43.1 Å². The first kappa shape index (κ1) is 26.2. The molecule has 7 rings (SSSR count). The van der Waals surface area contributed by atoms with Crippen molar-refractivity contribution in [2.75, 3.05) is 37.0 Å². The van der Waals surface area contributed by atoms with Gasteiger partial charge in [-0.25, -0.2) is 9.67 Å². The van der Waals surface area contributed by atoms with E-state index in [2.05, 4.69) is 42.0 Å². The zero-order valence-electron chi connectivity index (χ0n) is 24.5. The third-order valence-corrected chi connectivity index (χ3v) is 9.91. The first-order valence-corrected chi connectivity index (χ1v) is 15.1. The quantitative estimate of drug-likeness (QED) is 0.480. The van der Waals surface area contributed by atoms with Gasteiger partial charge in [-0.1, -0.05) is 30.5 Å². The highest BCUT2D eigenvalue weighted by molar-refractivity contribution is 6.05. The fraction of sp³-hybridized carbons (Fsp3) is 0.500. The van der Waals surface area contributed by atoms with Gasteiger partial charge in [0.15, 0.2) is 5.82 Å². The summed E-state index contributed by atoms with van der Waals surface area (Å²) >= 11 is 0. The van der Waals surface area contributed by atoms with Crippen LogP contribution in [0, 0.1) is 6.92 Å². The van der Waals surface area contributed by atoms with E-state index in [4.69, 9.17) is 10.1 Å². The van der Waals surface area contributed by atoms with Crippen molar-refractivity contribution in [2.45, 2.75) is 76.5 Å². The highest BCUT2D eigenvalue weighted by Crippen LogP contribution is 2.42. The molecule has 9 heteroatoms. The maximum atomic E-state index is 13.8. The lowest BCUT2D eigenvalue weighted by Crippen LogP contribution is -2.54. The molecule has 4 heterocycles. The van der Waals surface area contributed by atoms with Crippen LogP contribution in [0.25, 0.3) is 17.1 Å². The van der Waals surface area contributed by atoms with Crippen molar-refractivity contribution in [3.8, 4) is 17.1 Å². The van der Waals surface area contributed by atoms with Crippen LogP contribution in [0.3, 0.4) is 0 Å². The maximum Gasteiger partial charge on any atom is 0.293 e. The van der Waals surface area contributed by atoms with Crippen molar-refractivity contribution >= 4 is 23.2 Å². The van der Waals surface area contributed by atoms with E-state index >= 15 is 0 Å². The van der Waals surface area contributed by atoms with Gasteiger partial charge >= 0.3 is 0 Å². The first-order chi connectivity index (χ1) is 19.8. The van der Waals surface area contributed by atoms with E-state index in [0.717, 1.165) is 53.9 Å². The van der Waals surface area contributed by atoms with Crippen LogP contribution in [-0.4, -0.2) is 87.7 Å². The van der Waals surface area contributed by atoms with E-state index in [9.17, 15) is 9.59 Å². The van der Waals surface area contributed by atoms with Crippen LogP contribution in [0.5, 0.6) is 0 Å². The molecule has 214 valence electrons. The average molecular weight is 554 g/mol. The van der Waals surface area contributed by atoms with Crippen molar-refractivity contribution in [3.63, 3.8) is 0 Å². The van der Waals surface area contributed by atoms with Crippen molar-refractivity contribution in [1.29, 1.82) is 0 Å². The van der Waals surface area contributed by atoms with Crippen LogP contribution < -0.4 is 9.80 Å². The number of carbonyl (C=O) groups excluding carboxylic acids is 2. The van der Waals surface area contributed by atoms with Gasteiger partial charge in [0.1, 0.15) is 6.04 Å². The molecule has 3 fully saturated rings. The van der Waals surface area contributed by atoms with E-state index in [0.29, 0.717) is 37.0 Å². The minimum absolute atomic E-state index is 0.105. The summed E-state index contributed by atoms with van der Waals surface area (Å²) in [5.41, 5.74) is 4.86. The Balaban J connectivity index is 1.31. The first-order valence-electron chi connectivity index (χ1n) is 15.1. The summed E-state index contributed by atoms with van der Waals surface area (Å²) in [5, 5.41) is 4.82. The molecule has 41 heavy (non-hydrogen) atoms. The van der Waals surface area contributed by atoms with E-state index in [1.54, 1.807) is 9.58 Å². The fourth-order valence-corrected chi connectivity index (χ4v) is 7.45. The van der Waals surface area contributed by atoms with Crippen LogP contribution in [0.15, 0.2) is 42.5 Å². The highest BCUT2D eigenvalue weighted by Gasteiger charge is 2.41. The van der Waals surface area contributed by atoms with Gasteiger partial charge in [0.25, 0.3) is 5.91 Å². The molecule has 2 bridgehead atoms. The van der Waals surface area contributed by atoms with Gasteiger partial charge in [-0.2, -0.15) is 0 Å². The molecule has 2 unspecified atom stereocenters. The number of aryl methyl sites for hydroxylation is 1. The van der Waals surface area contributed by atoms with Gasteiger partial charge < -0.3 is 14.7 Å². The van der Waals surface area contributed by atoms with Gasteiger partial charge in [-0.3, -0.25) is 14.5 Å². The average Bonchev–Trinajstić information content (AvgIpc) is 3.70. The molecule has 1 saturated carbocycles. The van der Waals surface area contributed by atoms with Crippen molar-refractivity contribution in [2.24, 2.45) is 0 Å². The number of hydrogen-bond donors (Lipinski definition) is 0. The van der Waals surface area contributed by atoms with Crippen LogP contribution in [-0.2, 0) is 4.79 Å². The Morgan fingerprint density at radius 2 is 1.56 bits per heavy atom. The molecule has 0 radical (unpaired) electrons. The van der Waals surface area contributed by atoms with Gasteiger partial charge in [-0.15, -0.1) is 5.10 Å². The number of carbonyl (C=O) groups is 2. The Morgan fingerprint density at radius 1 is 0.878 bits per heavy atom. The second kappa shape index (κ2) is 9.98. The predicted molar refractivity (Wildman–Crippen MR) is 160 cm³/mol. The summed E-state index contributed by atoms with van der Waals surface area (Å²) in [6.45, 7) is 5.51. The molecule has 2 aromatic carbocycles. The lowest BCUT2D eigenvalue weighted by atomic mass is 10.0. The molecular formula is C32H39N7O2. The number of amides is 2. The smallest absolute Gasteiger partial charge is 0.293 e. The predicted octanol–water partition coefficient (Wildman–Crippen LogP) is 4.28. The molecule has 1 aliphatic carbocycles.